The summed E-state index contributed by atoms with van der Waals surface area (Å²) in [6.45, 7) is 5.60. The molecule has 1 aliphatic heterocycles. The maximum Gasteiger partial charge on any atom is 0.193 e. The van der Waals surface area contributed by atoms with E-state index in [-0.39, 0.29) is 29.7 Å². The summed E-state index contributed by atoms with van der Waals surface area (Å²) in [6, 6.07) is 0. The van der Waals surface area contributed by atoms with Gasteiger partial charge in [-0.3, -0.25) is 4.99 Å². The van der Waals surface area contributed by atoms with Gasteiger partial charge in [0.2, 0.25) is 0 Å². The number of aliphatic imine (C=N–C) groups is 1. The van der Waals surface area contributed by atoms with Crippen LogP contribution in [0.15, 0.2) is 4.99 Å². The molecule has 0 atom stereocenters. The van der Waals surface area contributed by atoms with Crippen LogP contribution in [0.1, 0.15) is 33.1 Å². The summed E-state index contributed by atoms with van der Waals surface area (Å²) in [5, 5.41) is 3.39. The van der Waals surface area contributed by atoms with E-state index >= 15 is 0 Å². The molecule has 0 aromatic heterocycles. The maximum atomic E-state index is 12.0. The molecule has 0 spiro atoms. The standard InChI is InChI=1S/C13H25N3O2S.HI/c1-13(2)10-16(7-8-19(13,17)18)12(14-3)15-9-11-5-4-6-11;/h11H,4-10H2,1-3H3,(H,14,15);1H. The van der Waals surface area contributed by atoms with E-state index in [4.69, 9.17) is 0 Å². The van der Waals surface area contributed by atoms with Gasteiger partial charge < -0.3 is 10.2 Å². The fourth-order valence-electron chi connectivity index (χ4n) is 2.59. The van der Waals surface area contributed by atoms with Crippen molar-refractivity contribution in [1.29, 1.82) is 0 Å². The highest BCUT2D eigenvalue weighted by molar-refractivity contribution is 14.0. The van der Waals surface area contributed by atoms with Gasteiger partial charge in [-0.15, -0.1) is 24.0 Å². The van der Waals surface area contributed by atoms with Crippen molar-refractivity contribution in [3.63, 3.8) is 0 Å². The first-order valence-corrected chi connectivity index (χ1v) is 8.69. The van der Waals surface area contributed by atoms with E-state index in [9.17, 15) is 8.42 Å². The maximum absolute atomic E-state index is 12.0. The van der Waals surface area contributed by atoms with Gasteiger partial charge in [-0.1, -0.05) is 6.42 Å². The second kappa shape index (κ2) is 6.81. The van der Waals surface area contributed by atoms with E-state index in [1.54, 1.807) is 20.9 Å². The highest BCUT2D eigenvalue weighted by Crippen LogP contribution is 2.26. The number of sulfone groups is 1. The molecule has 0 radical (unpaired) electrons. The molecule has 2 rings (SSSR count). The van der Waals surface area contributed by atoms with Crippen LogP contribution < -0.4 is 5.32 Å². The summed E-state index contributed by atoms with van der Waals surface area (Å²) in [4.78, 5) is 6.36. The topological polar surface area (TPSA) is 61.8 Å². The molecule has 1 heterocycles. The number of halogens is 1. The monoisotopic (exact) mass is 415 g/mol. The molecule has 0 aromatic carbocycles. The number of hydrogen-bond acceptors (Lipinski definition) is 3. The van der Waals surface area contributed by atoms with Gasteiger partial charge in [-0.25, -0.2) is 8.42 Å². The highest BCUT2D eigenvalue weighted by Gasteiger charge is 2.41. The normalized spacial score (nSPS) is 25.6. The van der Waals surface area contributed by atoms with Crippen LogP contribution in [0.2, 0.25) is 0 Å². The van der Waals surface area contributed by atoms with Crippen molar-refractivity contribution in [3.05, 3.63) is 0 Å². The molecule has 20 heavy (non-hydrogen) atoms. The number of nitrogens with zero attached hydrogens (tertiary/aromatic N) is 2. The van der Waals surface area contributed by atoms with Crippen molar-refractivity contribution in [2.75, 3.05) is 32.4 Å². The van der Waals surface area contributed by atoms with Gasteiger partial charge in [-0.05, 0) is 32.6 Å². The molecule has 2 fully saturated rings. The zero-order valence-electron chi connectivity index (χ0n) is 12.6. The van der Waals surface area contributed by atoms with Crippen molar-refractivity contribution in [3.8, 4) is 0 Å². The quantitative estimate of drug-likeness (QED) is 0.422. The SMILES string of the molecule is CN=C(NCC1CCC1)N1CCS(=O)(=O)C(C)(C)C1.I. The summed E-state index contributed by atoms with van der Waals surface area (Å²) in [5.74, 6) is 1.82. The number of rotatable bonds is 2. The van der Waals surface area contributed by atoms with Crippen molar-refractivity contribution in [2.45, 2.75) is 37.9 Å². The van der Waals surface area contributed by atoms with Crippen LogP contribution in [0.25, 0.3) is 0 Å². The van der Waals surface area contributed by atoms with E-state index in [1.165, 1.54) is 19.3 Å². The molecule has 5 nitrogen and oxygen atoms in total. The molecule has 1 saturated carbocycles. The molecule has 0 unspecified atom stereocenters. The minimum Gasteiger partial charge on any atom is -0.356 e. The average Bonchev–Trinajstić information content (AvgIpc) is 2.26. The minimum atomic E-state index is -2.98. The first kappa shape index (κ1) is 18.0. The Morgan fingerprint density at radius 1 is 1.40 bits per heavy atom. The van der Waals surface area contributed by atoms with Crippen LogP contribution in [0.5, 0.6) is 0 Å². The van der Waals surface area contributed by atoms with Crippen molar-refractivity contribution in [1.82, 2.24) is 10.2 Å². The molecule has 0 aromatic rings. The van der Waals surface area contributed by atoms with Gasteiger partial charge in [0.15, 0.2) is 15.8 Å². The molecular weight excluding hydrogens is 389 g/mol. The van der Waals surface area contributed by atoms with Crippen molar-refractivity contribution >= 4 is 39.8 Å². The van der Waals surface area contributed by atoms with Gasteiger partial charge in [0, 0.05) is 26.7 Å². The third kappa shape index (κ3) is 3.78. The van der Waals surface area contributed by atoms with Crippen LogP contribution in [-0.4, -0.2) is 56.5 Å². The number of guanidine groups is 1. The molecule has 1 saturated heterocycles. The largest absolute Gasteiger partial charge is 0.356 e. The lowest BCUT2D eigenvalue weighted by atomic mass is 9.85. The Kier molecular flexibility index (Phi) is 6.13. The Morgan fingerprint density at radius 3 is 2.50 bits per heavy atom. The zero-order valence-corrected chi connectivity index (χ0v) is 15.7. The summed E-state index contributed by atoms with van der Waals surface area (Å²) >= 11 is 0. The predicted molar refractivity (Wildman–Crippen MR) is 93.6 cm³/mol. The molecule has 1 N–H and O–H groups in total. The number of nitrogens with one attached hydrogen (secondary N) is 1. The molecule has 2 aliphatic rings. The van der Waals surface area contributed by atoms with Gasteiger partial charge in [0.25, 0.3) is 0 Å². The average molecular weight is 415 g/mol. The lowest BCUT2D eigenvalue weighted by molar-refractivity contribution is 0.303. The van der Waals surface area contributed by atoms with Gasteiger partial charge in [0.1, 0.15) is 0 Å². The molecule has 0 amide bonds. The van der Waals surface area contributed by atoms with Crippen LogP contribution >= 0.6 is 24.0 Å². The van der Waals surface area contributed by atoms with Gasteiger partial charge >= 0.3 is 0 Å². The summed E-state index contributed by atoms with van der Waals surface area (Å²) in [7, 11) is -1.22. The van der Waals surface area contributed by atoms with Gasteiger partial charge in [-0.2, -0.15) is 0 Å². The zero-order chi connectivity index (χ0) is 14.1. The molecule has 1 aliphatic carbocycles. The van der Waals surface area contributed by atoms with E-state index in [1.807, 2.05) is 0 Å². The molecule has 118 valence electrons. The lowest BCUT2D eigenvalue weighted by Crippen LogP contribution is -2.57. The highest BCUT2D eigenvalue weighted by atomic mass is 127. The van der Waals surface area contributed by atoms with Crippen LogP contribution in [0.3, 0.4) is 0 Å². The Morgan fingerprint density at radius 2 is 2.05 bits per heavy atom. The Hall–Kier alpha value is -0.0500. The second-order valence-electron chi connectivity index (χ2n) is 6.23. The third-order valence-electron chi connectivity index (χ3n) is 4.33. The fourth-order valence-corrected chi connectivity index (χ4v) is 3.96. The first-order valence-electron chi connectivity index (χ1n) is 7.03. The van der Waals surface area contributed by atoms with E-state index < -0.39 is 14.6 Å². The smallest absolute Gasteiger partial charge is 0.193 e. The molecule has 7 heteroatoms. The van der Waals surface area contributed by atoms with E-state index in [0.717, 1.165) is 18.4 Å². The Labute approximate surface area is 139 Å². The van der Waals surface area contributed by atoms with Crippen molar-refractivity contribution in [2.24, 2.45) is 10.9 Å². The predicted octanol–water partition coefficient (Wildman–Crippen LogP) is 1.49. The van der Waals surface area contributed by atoms with E-state index in [2.05, 4.69) is 15.2 Å². The van der Waals surface area contributed by atoms with Crippen LogP contribution in [-0.2, 0) is 9.84 Å². The molecule has 0 bridgehead atoms. The summed E-state index contributed by atoms with van der Waals surface area (Å²) in [6.07, 6.45) is 3.92. The van der Waals surface area contributed by atoms with Crippen LogP contribution in [0.4, 0.5) is 0 Å². The molecular formula is C13H26IN3O2S. The number of hydrogen-bond donors (Lipinski definition) is 1. The minimum absolute atomic E-state index is 0. The third-order valence-corrected chi connectivity index (χ3v) is 6.86. The van der Waals surface area contributed by atoms with Crippen molar-refractivity contribution < 1.29 is 8.42 Å². The second-order valence-corrected chi connectivity index (χ2v) is 8.97. The lowest BCUT2D eigenvalue weighted by Gasteiger charge is -2.39. The van der Waals surface area contributed by atoms with Gasteiger partial charge in [0.05, 0.1) is 10.5 Å². The van der Waals surface area contributed by atoms with Crippen LogP contribution in [0, 0.1) is 5.92 Å². The summed E-state index contributed by atoms with van der Waals surface area (Å²) < 4.78 is 23.3. The first-order chi connectivity index (χ1) is 8.86. The van der Waals surface area contributed by atoms with E-state index in [0.29, 0.717) is 13.1 Å². The Bertz CT molecular complexity index is 458. The summed E-state index contributed by atoms with van der Waals surface area (Å²) in [5.41, 5.74) is 0. The Balaban J connectivity index is 0.00000200. The fraction of sp³-hybridized carbons (Fsp3) is 0.923.